The number of para-hydroxylation sites is 1. The molecule has 0 radical (unpaired) electrons. The highest BCUT2D eigenvalue weighted by Crippen LogP contribution is 2.35. The molecule has 0 atom stereocenters. The van der Waals surface area contributed by atoms with Gasteiger partial charge in [-0.15, -0.1) is 0 Å². The molecule has 0 unspecified atom stereocenters. The smallest absolute Gasteiger partial charge is 0.341 e. The number of nitrogens with one attached hydrogen (secondary N) is 1. The summed E-state index contributed by atoms with van der Waals surface area (Å²) in [5.74, 6) is 0.232. The summed E-state index contributed by atoms with van der Waals surface area (Å²) in [4.78, 5) is 16.9. The molecule has 5 nitrogen and oxygen atoms in total. The maximum atomic E-state index is 12.5. The van der Waals surface area contributed by atoms with Crippen molar-refractivity contribution in [1.82, 2.24) is 4.98 Å². The van der Waals surface area contributed by atoms with Crippen LogP contribution in [0.1, 0.15) is 22.8 Å². The first-order valence-electron chi connectivity index (χ1n) is 8.21. The fourth-order valence-corrected chi connectivity index (χ4v) is 3.24. The van der Waals surface area contributed by atoms with Crippen LogP contribution in [0.4, 0.5) is 11.4 Å². The Hall–Kier alpha value is -2.60. The van der Waals surface area contributed by atoms with Gasteiger partial charge in [0.1, 0.15) is 16.8 Å². The third kappa shape index (κ3) is 3.51. The second-order valence-corrected chi connectivity index (χ2v) is 6.62. The Kier molecular flexibility index (Phi) is 5.42. The summed E-state index contributed by atoms with van der Waals surface area (Å²) in [5.41, 5.74) is 3.66. The van der Waals surface area contributed by atoms with Crippen LogP contribution in [0.3, 0.4) is 0 Å². The van der Waals surface area contributed by atoms with Crippen LogP contribution in [0.2, 0.25) is 0 Å². The molecule has 3 rings (SSSR count). The molecule has 0 aliphatic heterocycles. The summed E-state index contributed by atoms with van der Waals surface area (Å²) in [6.07, 6.45) is 1.53. The Bertz CT molecular complexity index is 973. The second-order valence-electron chi connectivity index (χ2n) is 5.71. The molecule has 0 spiro atoms. The highest BCUT2D eigenvalue weighted by Gasteiger charge is 2.19. The lowest BCUT2D eigenvalue weighted by Crippen LogP contribution is -2.10. The van der Waals surface area contributed by atoms with Gasteiger partial charge < -0.3 is 14.8 Å². The van der Waals surface area contributed by atoms with Crippen molar-refractivity contribution in [1.29, 1.82) is 0 Å². The maximum Gasteiger partial charge on any atom is 0.341 e. The zero-order chi connectivity index (χ0) is 18.7. The summed E-state index contributed by atoms with van der Waals surface area (Å²) in [6, 6.07) is 11.5. The van der Waals surface area contributed by atoms with Gasteiger partial charge in [0.2, 0.25) is 0 Å². The van der Waals surface area contributed by atoms with E-state index in [1.165, 1.54) is 6.20 Å². The number of aromatic nitrogens is 1. The number of hydrogen-bond donors (Lipinski definition) is 1. The van der Waals surface area contributed by atoms with Gasteiger partial charge in [-0.1, -0.05) is 28.1 Å². The van der Waals surface area contributed by atoms with Crippen molar-refractivity contribution in [3.63, 3.8) is 0 Å². The minimum atomic E-state index is -0.415. The molecule has 0 saturated carbocycles. The zero-order valence-electron chi connectivity index (χ0n) is 14.8. The molecule has 3 aromatic rings. The number of carbonyl (C=O) groups excluding carboxylic acids is 1. The van der Waals surface area contributed by atoms with Gasteiger partial charge in [0.25, 0.3) is 0 Å². The molecule has 6 heteroatoms. The van der Waals surface area contributed by atoms with Crippen LogP contribution < -0.4 is 10.1 Å². The van der Waals surface area contributed by atoms with Crippen LogP contribution in [-0.2, 0) is 4.74 Å². The normalized spacial score (nSPS) is 10.6. The lowest BCUT2D eigenvalue weighted by molar-refractivity contribution is 0.0527. The van der Waals surface area contributed by atoms with E-state index in [2.05, 4.69) is 26.2 Å². The highest BCUT2D eigenvalue weighted by molar-refractivity contribution is 9.10. The molecule has 0 saturated heterocycles. The first-order valence-corrected chi connectivity index (χ1v) is 9.00. The summed E-state index contributed by atoms with van der Waals surface area (Å²) in [5, 5.41) is 4.17. The van der Waals surface area contributed by atoms with Gasteiger partial charge in [0, 0.05) is 21.7 Å². The number of nitrogens with zero attached hydrogens (tertiary/aromatic N) is 1. The van der Waals surface area contributed by atoms with Crippen LogP contribution in [0, 0.1) is 6.92 Å². The number of methoxy groups -OCH3 is 1. The van der Waals surface area contributed by atoms with E-state index in [0.29, 0.717) is 29.1 Å². The monoisotopic (exact) mass is 414 g/mol. The summed E-state index contributed by atoms with van der Waals surface area (Å²) < 4.78 is 11.6. The third-order valence-corrected chi connectivity index (χ3v) is 4.52. The van der Waals surface area contributed by atoms with Crippen LogP contribution >= 0.6 is 15.9 Å². The van der Waals surface area contributed by atoms with Gasteiger partial charge in [-0.05, 0) is 43.7 Å². The first kappa shape index (κ1) is 18.2. The molecule has 0 aliphatic rings. The first-order chi connectivity index (χ1) is 12.5. The molecule has 1 N–H and O–H groups in total. The van der Waals surface area contributed by atoms with Crippen LogP contribution in [-0.4, -0.2) is 24.7 Å². The number of benzene rings is 2. The Morgan fingerprint density at radius 2 is 2.08 bits per heavy atom. The van der Waals surface area contributed by atoms with Gasteiger partial charge in [-0.2, -0.15) is 0 Å². The fourth-order valence-electron chi connectivity index (χ4n) is 2.76. The Balaban J connectivity index is 2.21. The lowest BCUT2D eigenvalue weighted by Gasteiger charge is -2.16. The molecule has 0 bridgehead atoms. The molecular formula is C20H19BrN2O3. The number of halogens is 1. The Morgan fingerprint density at radius 1 is 1.27 bits per heavy atom. The number of ether oxygens (including phenoxy) is 2. The molecule has 1 heterocycles. The van der Waals surface area contributed by atoms with Crippen molar-refractivity contribution in [3.05, 3.63) is 58.2 Å². The number of carbonyl (C=O) groups is 1. The van der Waals surface area contributed by atoms with Crippen molar-refractivity contribution >= 4 is 44.2 Å². The van der Waals surface area contributed by atoms with Gasteiger partial charge >= 0.3 is 5.97 Å². The van der Waals surface area contributed by atoms with Crippen molar-refractivity contribution in [2.75, 3.05) is 19.0 Å². The Morgan fingerprint density at radius 3 is 2.77 bits per heavy atom. The topological polar surface area (TPSA) is 60.5 Å². The van der Waals surface area contributed by atoms with E-state index in [1.54, 1.807) is 14.0 Å². The number of rotatable bonds is 5. The van der Waals surface area contributed by atoms with Crippen LogP contribution in [0.25, 0.3) is 10.9 Å². The SMILES string of the molecule is CCOC(=O)c1cnc2c(OC)cccc2c1Nc1ccc(Br)cc1C. The molecule has 2 aromatic carbocycles. The standard InChI is InChI=1S/C20H19BrN2O3/c1-4-26-20(24)15-11-22-19-14(6-5-7-17(19)25-3)18(15)23-16-9-8-13(21)10-12(16)2/h5-11H,4H2,1-3H3,(H,22,23). The average Bonchev–Trinajstić information content (AvgIpc) is 2.63. The number of aryl methyl sites for hydroxylation is 1. The molecule has 0 amide bonds. The van der Waals surface area contributed by atoms with E-state index < -0.39 is 5.97 Å². The van der Waals surface area contributed by atoms with E-state index in [-0.39, 0.29) is 0 Å². The maximum absolute atomic E-state index is 12.5. The molecule has 1 aromatic heterocycles. The quantitative estimate of drug-likeness (QED) is 0.578. The fraction of sp³-hybridized carbons (Fsp3) is 0.200. The molecule has 0 fully saturated rings. The van der Waals surface area contributed by atoms with E-state index in [9.17, 15) is 4.79 Å². The number of pyridine rings is 1. The van der Waals surface area contributed by atoms with E-state index in [1.807, 2.05) is 43.3 Å². The summed E-state index contributed by atoms with van der Waals surface area (Å²) >= 11 is 3.47. The molecule has 26 heavy (non-hydrogen) atoms. The molecule has 0 aliphatic carbocycles. The predicted octanol–water partition coefficient (Wildman–Crippen LogP) is 5.23. The Labute approximate surface area is 160 Å². The lowest BCUT2D eigenvalue weighted by atomic mass is 10.1. The number of fused-ring (bicyclic) bond motifs is 1. The molecular weight excluding hydrogens is 396 g/mol. The van der Waals surface area contributed by atoms with Gasteiger partial charge in [-0.25, -0.2) is 4.79 Å². The second kappa shape index (κ2) is 7.74. The molecule has 134 valence electrons. The van der Waals surface area contributed by atoms with Gasteiger partial charge in [0.05, 0.1) is 19.4 Å². The summed E-state index contributed by atoms with van der Waals surface area (Å²) in [6.45, 7) is 4.08. The van der Waals surface area contributed by atoms with Crippen molar-refractivity contribution < 1.29 is 14.3 Å². The minimum Gasteiger partial charge on any atom is -0.494 e. The zero-order valence-corrected chi connectivity index (χ0v) is 16.4. The van der Waals surface area contributed by atoms with Crippen molar-refractivity contribution in [3.8, 4) is 5.75 Å². The average molecular weight is 415 g/mol. The number of anilines is 2. The van der Waals surface area contributed by atoms with E-state index in [4.69, 9.17) is 9.47 Å². The van der Waals surface area contributed by atoms with E-state index >= 15 is 0 Å². The minimum absolute atomic E-state index is 0.297. The van der Waals surface area contributed by atoms with Gasteiger partial charge in [0.15, 0.2) is 0 Å². The van der Waals surface area contributed by atoms with Crippen molar-refractivity contribution in [2.24, 2.45) is 0 Å². The highest BCUT2D eigenvalue weighted by atomic mass is 79.9. The van der Waals surface area contributed by atoms with Crippen LogP contribution in [0.15, 0.2) is 47.1 Å². The van der Waals surface area contributed by atoms with Gasteiger partial charge in [-0.3, -0.25) is 4.98 Å². The third-order valence-electron chi connectivity index (χ3n) is 4.02. The number of hydrogen-bond acceptors (Lipinski definition) is 5. The van der Waals surface area contributed by atoms with E-state index in [0.717, 1.165) is 21.1 Å². The van der Waals surface area contributed by atoms with Crippen LogP contribution in [0.5, 0.6) is 5.75 Å². The van der Waals surface area contributed by atoms with Crippen molar-refractivity contribution in [2.45, 2.75) is 13.8 Å². The predicted molar refractivity (Wildman–Crippen MR) is 106 cm³/mol. The summed E-state index contributed by atoms with van der Waals surface area (Å²) in [7, 11) is 1.60. The largest absolute Gasteiger partial charge is 0.494 e. The number of esters is 1.